The Morgan fingerprint density at radius 2 is 1.76 bits per heavy atom. The van der Waals surface area contributed by atoms with Crippen molar-refractivity contribution in [1.29, 1.82) is 0 Å². The zero-order valence-electron chi connectivity index (χ0n) is 12.2. The minimum absolute atomic E-state index is 0.0256. The molecule has 1 heterocycles. The summed E-state index contributed by atoms with van der Waals surface area (Å²) in [4.78, 5) is 12.4. The predicted octanol–water partition coefficient (Wildman–Crippen LogP) is 2.58. The van der Waals surface area contributed by atoms with E-state index >= 15 is 0 Å². The van der Waals surface area contributed by atoms with Crippen LogP contribution in [0.1, 0.15) is 29.7 Å². The van der Waals surface area contributed by atoms with E-state index in [1.54, 1.807) is 0 Å². The lowest BCUT2D eigenvalue weighted by atomic mass is 9.95. The number of benzene rings is 2. The predicted molar refractivity (Wildman–Crippen MR) is 83.8 cm³/mol. The van der Waals surface area contributed by atoms with Gasteiger partial charge in [0.2, 0.25) is 5.91 Å². The molecule has 2 N–H and O–H groups in total. The topological polar surface area (TPSA) is 41.1 Å². The Kier molecular flexibility index (Phi) is 4.02. The van der Waals surface area contributed by atoms with E-state index in [-0.39, 0.29) is 18.0 Å². The lowest BCUT2D eigenvalue weighted by molar-refractivity contribution is -0.124. The Balaban J connectivity index is 1.65. The number of fused-ring (bicyclic) bond motifs is 1. The summed E-state index contributed by atoms with van der Waals surface area (Å²) in [5.74, 6) is 0.0702. The minimum Gasteiger partial charge on any atom is -0.348 e. The van der Waals surface area contributed by atoms with Crippen LogP contribution in [0.3, 0.4) is 0 Å². The largest absolute Gasteiger partial charge is 0.348 e. The monoisotopic (exact) mass is 280 g/mol. The molecule has 0 aromatic heterocycles. The molecule has 1 amide bonds. The molecule has 1 aliphatic rings. The third-order valence-corrected chi connectivity index (χ3v) is 4.06. The molecule has 3 rings (SSSR count). The fourth-order valence-electron chi connectivity index (χ4n) is 2.78. The van der Waals surface area contributed by atoms with Gasteiger partial charge in [-0.25, -0.2) is 0 Å². The van der Waals surface area contributed by atoms with Gasteiger partial charge in [-0.3, -0.25) is 4.79 Å². The molecule has 108 valence electrons. The first kappa shape index (κ1) is 13.8. The number of nitrogens with one attached hydrogen (secondary N) is 2. The van der Waals surface area contributed by atoms with Crippen molar-refractivity contribution in [2.75, 3.05) is 0 Å². The van der Waals surface area contributed by atoms with Crippen LogP contribution >= 0.6 is 0 Å². The van der Waals surface area contributed by atoms with E-state index in [0.29, 0.717) is 0 Å². The van der Waals surface area contributed by atoms with Gasteiger partial charge in [-0.15, -0.1) is 0 Å². The van der Waals surface area contributed by atoms with Crippen molar-refractivity contribution in [1.82, 2.24) is 10.6 Å². The number of carbonyl (C=O) groups excluding carboxylic acids is 1. The molecule has 0 saturated heterocycles. The Bertz CT molecular complexity index is 624. The lowest BCUT2D eigenvalue weighted by Crippen LogP contribution is -2.48. The SMILES string of the molecule is CC(NC(=O)[C@H]1Cc2ccccc2CN1)c1ccccc1. The molecule has 3 nitrogen and oxygen atoms in total. The Labute approximate surface area is 125 Å². The third-order valence-electron chi connectivity index (χ3n) is 4.06. The van der Waals surface area contributed by atoms with E-state index < -0.39 is 0 Å². The molecule has 3 heteroatoms. The number of amides is 1. The molecule has 0 fully saturated rings. The maximum atomic E-state index is 12.4. The van der Waals surface area contributed by atoms with Gasteiger partial charge < -0.3 is 10.6 Å². The molecule has 0 bridgehead atoms. The van der Waals surface area contributed by atoms with Gasteiger partial charge in [-0.05, 0) is 30.0 Å². The summed E-state index contributed by atoms with van der Waals surface area (Å²) in [6.07, 6.45) is 0.753. The number of hydrogen-bond acceptors (Lipinski definition) is 2. The summed E-state index contributed by atoms with van der Waals surface area (Å²) in [7, 11) is 0. The molecule has 0 aliphatic carbocycles. The second kappa shape index (κ2) is 6.10. The molecule has 21 heavy (non-hydrogen) atoms. The molecule has 1 aliphatic heterocycles. The first-order valence-electron chi connectivity index (χ1n) is 7.39. The van der Waals surface area contributed by atoms with Crippen molar-refractivity contribution in [3.63, 3.8) is 0 Å². The molecule has 2 aromatic rings. The van der Waals surface area contributed by atoms with E-state index in [1.807, 2.05) is 49.4 Å². The van der Waals surface area contributed by atoms with Crippen LogP contribution in [0.4, 0.5) is 0 Å². The van der Waals surface area contributed by atoms with Gasteiger partial charge in [0.05, 0.1) is 12.1 Å². The molecule has 2 atom stereocenters. The summed E-state index contributed by atoms with van der Waals surface area (Å²) >= 11 is 0. The second-order valence-electron chi connectivity index (χ2n) is 5.55. The lowest BCUT2D eigenvalue weighted by Gasteiger charge is -2.26. The number of rotatable bonds is 3. The van der Waals surface area contributed by atoms with Crippen LogP contribution in [0.15, 0.2) is 54.6 Å². The van der Waals surface area contributed by atoms with E-state index in [0.717, 1.165) is 18.5 Å². The average Bonchev–Trinajstić information content (AvgIpc) is 2.55. The summed E-state index contributed by atoms with van der Waals surface area (Å²) in [5.41, 5.74) is 3.68. The van der Waals surface area contributed by atoms with E-state index in [1.165, 1.54) is 11.1 Å². The highest BCUT2D eigenvalue weighted by Gasteiger charge is 2.24. The van der Waals surface area contributed by atoms with E-state index in [4.69, 9.17) is 0 Å². The van der Waals surface area contributed by atoms with Gasteiger partial charge in [-0.2, -0.15) is 0 Å². The molecule has 2 aromatic carbocycles. The highest BCUT2D eigenvalue weighted by atomic mass is 16.2. The fraction of sp³-hybridized carbons (Fsp3) is 0.278. The molecular weight excluding hydrogens is 260 g/mol. The van der Waals surface area contributed by atoms with Crippen molar-refractivity contribution in [2.45, 2.75) is 32.0 Å². The quantitative estimate of drug-likeness (QED) is 0.907. The van der Waals surface area contributed by atoms with Crippen LogP contribution in [-0.4, -0.2) is 11.9 Å². The van der Waals surface area contributed by atoms with Crippen molar-refractivity contribution in [3.8, 4) is 0 Å². The van der Waals surface area contributed by atoms with Gasteiger partial charge in [-0.1, -0.05) is 54.6 Å². The molecular formula is C18H20N2O. The summed E-state index contributed by atoms with van der Waals surface area (Å²) < 4.78 is 0. The summed E-state index contributed by atoms with van der Waals surface area (Å²) in [6.45, 7) is 2.78. The fourth-order valence-corrected chi connectivity index (χ4v) is 2.78. The zero-order chi connectivity index (χ0) is 14.7. The van der Waals surface area contributed by atoms with Gasteiger partial charge >= 0.3 is 0 Å². The molecule has 1 unspecified atom stereocenters. The molecule has 0 saturated carbocycles. The van der Waals surface area contributed by atoms with Crippen LogP contribution in [-0.2, 0) is 17.8 Å². The Hall–Kier alpha value is -2.13. The first-order chi connectivity index (χ1) is 10.2. The minimum atomic E-state index is -0.147. The normalized spacial score (nSPS) is 18.6. The second-order valence-corrected chi connectivity index (χ2v) is 5.55. The maximum absolute atomic E-state index is 12.4. The van der Waals surface area contributed by atoms with Crippen molar-refractivity contribution in [3.05, 3.63) is 71.3 Å². The first-order valence-corrected chi connectivity index (χ1v) is 7.39. The molecule has 0 radical (unpaired) electrons. The van der Waals surface area contributed by atoms with Gasteiger partial charge in [0.25, 0.3) is 0 Å². The standard InChI is InChI=1S/C18H20N2O/c1-13(14-7-3-2-4-8-14)20-18(21)17-11-15-9-5-6-10-16(15)12-19-17/h2-10,13,17,19H,11-12H2,1H3,(H,20,21)/t13?,17-/m1/s1. The Morgan fingerprint density at radius 3 is 2.52 bits per heavy atom. The van der Waals surface area contributed by atoms with Crippen molar-refractivity contribution < 1.29 is 4.79 Å². The van der Waals surface area contributed by atoms with E-state index in [2.05, 4.69) is 22.8 Å². The van der Waals surface area contributed by atoms with Crippen molar-refractivity contribution >= 4 is 5.91 Å². The van der Waals surface area contributed by atoms with Crippen LogP contribution in [0, 0.1) is 0 Å². The van der Waals surface area contributed by atoms with Crippen molar-refractivity contribution in [2.24, 2.45) is 0 Å². The van der Waals surface area contributed by atoms with Crippen LogP contribution in [0.25, 0.3) is 0 Å². The van der Waals surface area contributed by atoms with Crippen LogP contribution < -0.4 is 10.6 Å². The van der Waals surface area contributed by atoms with Gasteiger partial charge in [0.1, 0.15) is 0 Å². The molecule has 0 spiro atoms. The highest BCUT2D eigenvalue weighted by molar-refractivity contribution is 5.82. The number of carbonyl (C=O) groups is 1. The summed E-state index contributed by atoms with van der Waals surface area (Å²) in [6, 6.07) is 18.2. The maximum Gasteiger partial charge on any atom is 0.237 e. The average molecular weight is 280 g/mol. The van der Waals surface area contributed by atoms with Crippen LogP contribution in [0.2, 0.25) is 0 Å². The third kappa shape index (κ3) is 3.14. The highest BCUT2D eigenvalue weighted by Crippen LogP contribution is 2.17. The smallest absolute Gasteiger partial charge is 0.237 e. The summed E-state index contributed by atoms with van der Waals surface area (Å²) in [5, 5.41) is 6.42. The van der Waals surface area contributed by atoms with Gasteiger partial charge in [0.15, 0.2) is 0 Å². The number of hydrogen-bond donors (Lipinski definition) is 2. The van der Waals surface area contributed by atoms with E-state index in [9.17, 15) is 4.79 Å². The van der Waals surface area contributed by atoms with Crippen LogP contribution in [0.5, 0.6) is 0 Å². The zero-order valence-corrected chi connectivity index (χ0v) is 12.2. The Morgan fingerprint density at radius 1 is 1.10 bits per heavy atom. The van der Waals surface area contributed by atoms with Gasteiger partial charge in [0, 0.05) is 6.54 Å².